The van der Waals surface area contributed by atoms with Crippen molar-refractivity contribution in [2.24, 2.45) is 5.92 Å². The smallest absolute Gasteiger partial charge is 0.267 e. The highest BCUT2D eigenvalue weighted by Gasteiger charge is 2.19. The molecule has 0 atom stereocenters. The van der Waals surface area contributed by atoms with Crippen LogP contribution in [0.25, 0.3) is 28.0 Å². The van der Waals surface area contributed by atoms with E-state index >= 15 is 0 Å². The van der Waals surface area contributed by atoms with Gasteiger partial charge in [-0.15, -0.1) is 0 Å². The molecule has 6 heteroatoms. The lowest BCUT2D eigenvalue weighted by Gasteiger charge is -2.09. The van der Waals surface area contributed by atoms with Crippen LogP contribution in [0.3, 0.4) is 0 Å². The van der Waals surface area contributed by atoms with Crippen molar-refractivity contribution in [2.75, 3.05) is 0 Å². The molecule has 0 fully saturated rings. The molecule has 0 unspecified atom stereocenters. The molecule has 0 amide bonds. The van der Waals surface area contributed by atoms with Gasteiger partial charge in [0.25, 0.3) is 5.56 Å². The summed E-state index contributed by atoms with van der Waals surface area (Å²) >= 11 is 0. The molecule has 140 valence electrons. The van der Waals surface area contributed by atoms with E-state index < -0.39 is 0 Å². The Kier molecular flexibility index (Phi) is 4.61. The molecule has 4 rings (SSSR count). The number of hydrogen-bond donors (Lipinski definition) is 0. The van der Waals surface area contributed by atoms with Crippen LogP contribution < -0.4 is 5.56 Å². The van der Waals surface area contributed by atoms with Gasteiger partial charge in [0.05, 0.1) is 16.8 Å². The molecule has 0 aliphatic carbocycles. The van der Waals surface area contributed by atoms with Crippen LogP contribution in [-0.2, 0) is 11.3 Å². The van der Waals surface area contributed by atoms with Crippen molar-refractivity contribution < 1.29 is 4.79 Å². The highest BCUT2D eigenvalue weighted by molar-refractivity contribution is 5.90. The van der Waals surface area contributed by atoms with Crippen LogP contribution in [0.4, 0.5) is 0 Å². The number of pyridine rings is 1. The number of benzene rings is 1. The summed E-state index contributed by atoms with van der Waals surface area (Å²) in [5, 5.41) is 9.23. The number of ketones is 1. The van der Waals surface area contributed by atoms with E-state index in [4.69, 9.17) is 5.10 Å². The van der Waals surface area contributed by atoms with Crippen molar-refractivity contribution in [1.29, 1.82) is 0 Å². The number of carbonyl (C=O) groups is 1. The number of carbonyl (C=O) groups excluding carboxylic acids is 1. The second-order valence-electron chi connectivity index (χ2n) is 6.96. The normalized spacial score (nSPS) is 11.2. The fourth-order valence-electron chi connectivity index (χ4n) is 3.08. The molecule has 0 bridgehead atoms. The van der Waals surface area contributed by atoms with Crippen molar-refractivity contribution in [3.05, 3.63) is 77.2 Å². The van der Waals surface area contributed by atoms with Gasteiger partial charge in [-0.05, 0) is 18.2 Å². The Labute approximate surface area is 162 Å². The fraction of sp³-hybridized carbons (Fsp3) is 0.182. The average molecular weight is 372 g/mol. The molecule has 0 aliphatic heterocycles. The molecule has 6 nitrogen and oxygen atoms in total. The van der Waals surface area contributed by atoms with E-state index in [1.807, 2.05) is 68.6 Å². The van der Waals surface area contributed by atoms with Gasteiger partial charge >= 0.3 is 0 Å². The molecule has 1 aromatic carbocycles. The third-order valence-electron chi connectivity index (χ3n) is 4.66. The summed E-state index contributed by atoms with van der Waals surface area (Å²) < 4.78 is 3.03. The number of hydrogen-bond acceptors (Lipinski definition) is 4. The topological polar surface area (TPSA) is 69.3 Å². The highest BCUT2D eigenvalue weighted by atomic mass is 16.1. The van der Waals surface area contributed by atoms with Crippen molar-refractivity contribution in [1.82, 2.24) is 19.4 Å². The Morgan fingerprint density at radius 1 is 0.964 bits per heavy atom. The maximum absolute atomic E-state index is 12.2. The second-order valence-corrected chi connectivity index (χ2v) is 6.96. The number of aromatic nitrogens is 4. The first kappa shape index (κ1) is 17.9. The average Bonchev–Trinajstić information content (AvgIpc) is 3.10. The number of fused-ring (bicyclic) bond motifs is 1. The van der Waals surface area contributed by atoms with Crippen LogP contribution in [0.15, 0.2) is 71.7 Å². The first-order valence-electron chi connectivity index (χ1n) is 9.18. The largest absolute Gasteiger partial charge is 0.297 e. The van der Waals surface area contributed by atoms with E-state index in [1.165, 1.54) is 10.7 Å². The van der Waals surface area contributed by atoms with Gasteiger partial charge in [-0.1, -0.05) is 50.2 Å². The van der Waals surface area contributed by atoms with Crippen LogP contribution in [0.5, 0.6) is 0 Å². The van der Waals surface area contributed by atoms with Crippen LogP contribution >= 0.6 is 0 Å². The summed E-state index contributed by atoms with van der Waals surface area (Å²) in [7, 11) is 0. The molecule has 3 heterocycles. The second kappa shape index (κ2) is 7.23. The maximum Gasteiger partial charge on any atom is 0.267 e. The first-order valence-corrected chi connectivity index (χ1v) is 9.18. The lowest BCUT2D eigenvalue weighted by atomic mass is 10.0. The van der Waals surface area contributed by atoms with E-state index in [9.17, 15) is 9.59 Å². The first-order chi connectivity index (χ1) is 13.5. The minimum absolute atomic E-state index is 0.0325. The Hall–Kier alpha value is -3.54. The molecule has 0 radical (unpaired) electrons. The molecule has 0 saturated carbocycles. The third-order valence-corrected chi connectivity index (χ3v) is 4.66. The summed E-state index contributed by atoms with van der Waals surface area (Å²) in [5.41, 5.74) is 3.76. The summed E-state index contributed by atoms with van der Waals surface area (Å²) in [6.07, 6.45) is 1.88. The standard InChI is InChI=1S/C22H20N4O2/c1-15(2)19(27)14-26-20(28)12-11-17(23-26)21-18-10-6-7-13-25(18)24-22(21)16-8-4-3-5-9-16/h3-13,15H,14H2,1-2H3. The highest BCUT2D eigenvalue weighted by Crippen LogP contribution is 2.33. The summed E-state index contributed by atoms with van der Waals surface area (Å²) in [6, 6.07) is 18.8. The van der Waals surface area contributed by atoms with Gasteiger partial charge in [0.2, 0.25) is 0 Å². The zero-order chi connectivity index (χ0) is 19.7. The molecular formula is C22H20N4O2. The molecule has 3 aromatic heterocycles. The van der Waals surface area contributed by atoms with Gasteiger partial charge in [-0.25, -0.2) is 9.20 Å². The molecule has 0 N–H and O–H groups in total. The van der Waals surface area contributed by atoms with Crippen LogP contribution in [0.1, 0.15) is 13.8 Å². The van der Waals surface area contributed by atoms with Crippen molar-refractivity contribution in [2.45, 2.75) is 20.4 Å². The summed E-state index contributed by atoms with van der Waals surface area (Å²) in [4.78, 5) is 24.4. The SMILES string of the molecule is CC(C)C(=O)Cn1nc(-c2c(-c3ccccc3)nn3ccccc23)ccc1=O. The number of rotatable bonds is 5. The molecule has 4 aromatic rings. The lowest BCUT2D eigenvalue weighted by molar-refractivity contribution is -0.122. The van der Waals surface area contributed by atoms with E-state index in [0.717, 1.165) is 22.3 Å². The fourth-order valence-corrected chi connectivity index (χ4v) is 3.08. The molecule has 0 saturated heterocycles. The zero-order valence-corrected chi connectivity index (χ0v) is 15.7. The van der Waals surface area contributed by atoms with Gasteiger partial charge < -0.3 is 0 Å². The van der Waals surface area contributed by atoms with Gasteiger partial charge in [-0.3, -0.25) is 9.59 Å². The van der Waals surface area contributed by atoms with Crippen molar-refractivity contribution in [3.63, 3.8) is 0 Å². The minimum atomic E-state index is -0.296. The van der Waals surface area contributed by atoms with Gasteiger partial charge in [0, 0.05) is 23.7 Å². The predicted octanol–water partition coefficient (Wildman–Crippen LogP) is 3.45. The lowest BCUT2D eigenvalue weighted by Crippen LogP contribution is -2.28. The Balaban J connectivity index is 1.92. The number of nitrogens with zero attached hydrogens (tertiary/aromatic N) is 4. The van der Waals surface area contributed by atoms with E-state index in [2.05, 4.69) is 5.10 Å². The van der Waals surface area contributed by atoms with Gasteiger partial charge in [-0.2, -0.15) is 10.2 Å². The van der Waals surface area contributed by atoms with Crippen molar-refractivity contribution >= 4 is 11.3 Å². The summed E-state index contributed by atoms with van der Waals surface area (Å²) in [5.74, 6) is -0.191. The molecule has 0 spiro atoms. The van der Waals surface area contributed by atoms with Crippen LogP contribution in [-0.4, -0.2) is 25.2 Å². The van der Waals surface area contributed by atoms with Gasteiger partial charge in [0.15, 0.2) is 5.78 Å². The van der Waals surface area contributed by atoms with Crippen LogP contribution in [0, 0.1) is 5.92 Å². The van der Waals surface area contributed by atoms with E-state index in [1.54, 1.807) is 10.6 Å². The zero-order valence-electron chi connectivity index (χ0n) is 15.7. The molecule has 0 aliphatic rings. The van der Waals surface area contributed by atoms with Crippen molar-refractivity contribution in [3.8, 4) is 22.5 Å². The quantitative estimate of drug-likeness (QED) is 0.538. The summed E-state index contributed by atoms with van der Waals surface area (Å²) in [6.45, 7) is 3.59. The van der Waals surface area contributed by atoms with E-state index in [-0.39, 0.29) is 23.8 Å². The molecule has 28 heavy (non-hydrogen) atoms. The third kappa shape index (κ3) is 3.24. The van der Waals surface area contributed by atoms with Crippen LogP contribution in [0.2, 0.25) is 0 Å². The Bertz CT molecular complexity index is 1210. The maximum atomic E-state index is 12.2. The predicted molar refractivity (Wildman–Crippen MR) is 108 cm³/mol. The monoisotopic (exact) mass is 372 g/mol. The van der Waals surface area contributed by atoms with Gasteiger partial charge in [0.1, 0.15) is 12.2 Å². The van der Waals surface area contributed by atoms with E-state index in [0.29, 0.717) is 5.69 Å². The number of Topliss-reactive ketones (excluding diaryl/α,β-unsaturated/α-hetero) is 1. The Morgan fingerprint density at radius 2 is 1.71 bits per heavy atom. The minimum Gasteiger partial charge on any atom is -0.297 e. The molecular weight excluding hydrogens is 352 g/mol. The Morgan fingerprint density at radius 3 is 2.46 bits per heavy atom.